The molecule has 0 radical (unpaired) electrons. The third-order valence-electron chi connectivity index (χ3n) is 3.96. The Morgan fingerprint density at radius 1 is 1.45 bits per heavy atom. The van der Waals surface area contributed by atoms with Gasteiger partial charge >= 0.3 is 5.97 Å². The Labute approximate surface area is 126 Å². The second-order valence-corrected chi connectivity index (χ2v) is 6.15. The van der Waals surface area contributed by atoms with Gasteiger partial charge in [0.15, 0.2) is 0 Å². The molecule has 2 rings (SSSR count). The predicted octanol–water partition coefficient (Wildman–Crippen LogP) is 2.96. The van der Waals surface area contributed by atoms with Crippen LogP contribution in [0.1, 0.15) is 56.1 Å². The first-order valence-electron chi connectivity index (χ1n) is 6.86. The highest BCUT2D eigenvalue weighted by molar-refractivity contribution is 9.10. The van der Waals surface area contributed by atoms with Crippen LogP contribution in [0.15, 0.2) is 16.7 Å². The molecule has 0 bridgehead atoms. The monoisotopic (exact) mass is 342 g/mol. The number of aromatic nitrogens is 1. The summed E-state index contributed by atoms with van der Waals surface area (Å²) in [5.41, 5.74) is -0.672. The molecule has 1 amide bonds. The second kappa shape index (κ2) is 5.60. The van der Waals surface area contributed by atoms with Crippen LogP contribution in [-0.2, 0) is 4.79 Å². The zero-order valence-electron chi connectivity index (χ0n) is 11.6. The molecule has 1 aliphatic carbocycles. The van der Waals surface area contributed by atoms with Crippen LogP contribution >= 0.6 is 15.9 Å². The summed E-state index contributed by atoms with van der Waals surface area (Å²) in [7, 11) is 0. The van der Waals surface area contributed by atoms with Crippen molar-refractivity contribution in [2.24, 2.45) is 0 Å². The van der Waals surface area contributed by atoms with Gasteiger partial charge < -0.3 is 15.0 Å². The van der Waals surface area contributed by atoms with Crippen LogP contribution in [0.5, 0.6) is 0 Å². The highest BCUT2D eigenvalue weighted by Crippen LogP contribution is 2.37. The molecule has 1 aromatic heterocycles. The molecule has 20 heavy (non-hydrogen) atoms. The zero-order chi connectivity index (χ0) is 14.9. The number of aliphatic carboxylic acids is 1. The van der Waals surface area contributed by atoms with Crippen molar-refractivity contribution in [3.63, 3.8) is 0 Å². The van der Waals surface area contributed by atoms with Gasteiger partial charge in [-0.25, -0.2) is 4.79 Å². The van der Waals surface area contributed by atoms with Crippen LogP contribution in [-0.4, -0.2) is 27.1 Å². The first-order chi connectivity index (χ1) is 9.43. The normalized spacial score (nSPS) is 15.2. The minimum absolute atomic E-state index is 0.325. The fourth-order valence-corrected chi connectivity index (χ4v) is 2.78. The maximum absolute atomic E-state index is 12.4. The highest BCUT2D eigenvalue weighted by atomic mass is 79.9. The summed E-state index contributed by atoms with van der Waals surface area (Å²) in [6.45, 7) is 3.54. The summed E-state index contributed by atoms with van der Waals surface area (Å²) in [6, 6.07) is 2.11. The van der Waals surface area contributed by atoms with Crippen molar-refractivity contribution in [1.29, 1.82) is 0 Å². The van der Waals surface area contributed by atoms with Crippen molar-refractivity contribution in [3.8, 4) is 0 Å². The summed E-state index contributed by atoms with van der Waals surface area (Å²) >= 11 is 3.37. The van der Waals surface area contributed by atoms with Gasteiger partial charge in [0.25, 0.3) is 5.91 Å². The van der Waals surface area contributed by atoms with E-state index in [1.807, 2.05) is 10.8 Å². The summed E-state index contributed by atoms with van der Waals surface area (Å²) in [6.07, 6.45) is 4.72. The first-order valence-corrected chi connectivity index (χ1v) is 7.66. The van der Waals surface area contributed by atoms with E-state index in [-0.39, 0.29) is 5.91 Å². The molecular formula is C14H19BrN2O3. The smallest absolute Gasteiger partial charge is 0.329 e. The molecule has 1 aromatic rings. The zero-order valence-corrected chi connectivity index (χ0v) is 13.2. The average Bonchev–Trinajstić information content (AvgIpc) is 3.18. The minimum Gasteiger partial charge on any atom is -0.480 e. The summed E-state index contributed by atoms with van der Waals surface area (Å²) in [5, 5.41) is 12.1. The molecule has 0 atom stereocenters. The van der Waals surface area contributed by atoms with Gasteiger partial charge in [0, 0.05) is 16.7 Å². The van der Waals surface area contributed by atoms with Gasteiger partial charge in [0.2, 0.25) is 0 Å². The van der Waals surface area contributed by atoms with Crippen LogP contribution in [0.4, 0.5) is 0 Å². The number of carbonyl (C=O) groups is 2. The minimum atomic E-state index is -1.19. The molecule has 1 heterocycles. The summed E-state index contributed by atoms with van der Waals surface area (Å²) < 4.78 is 2.76. The van der Waals surface area contributed by atoms with E-state index >= 15 is 0 Å². The van der Waals surface area contributed by atoms with Crippen molar-refractivity contribution in [2.45, 2.75) is 51.1 Å². The molecule has 1 fully saturated rings. The quantitative estimate of drug-likeness (QED) is 0.834. The van der Waals surface area contributed by atoms with Crippen LogP contribution < -0.4 is 5.32 Å². The SMILES string of the molecule is CCC(CC)(NC(=O)c1cc(Br)cn1C1CC1)C(=O)O. The predicted molar refractivity (Wildman–Crippen MR) is 78.8 cm³/mol. The summed E-state index contributed by atoms with van der Waals surface area (Å²) in [5.74, 6) is -1.31. The lowest BCUT2D eigenvalue weighted by Crippen LogP contribution is -2.54. The number of carbonyl (C=O) groups excluding carboxylic acids is 1. The topological polar surface area (TPSA) is 71.3 Å². The summed E-state index contributed by atoms with van der Waals surface area (Å²) in [4.78, 5) is 23.9. The van der Waals surface area contributed by atoms with E-state index in [4.69, 9.17) is 0 Å². The fourth-order valence-electron chi connectivity index (χ4n) is 2.35. The molecule has 0 aromatic carbocycles. The largest absolute Gasteiger partial charge is 0.480 e. The number of nitrogens with one attached hydrogen (secondary N) is 1. The van der Waals surface area contributed by atoms with Gasteiger partial charge in [-0.15, -0.1) is 0 Å². The van der Waals surface area contributed by atoms with Crippen molar-refractivity contribution in [2.75, 3.05) is 0 Å². The highest BCUT2D eigenvalue weighted by Gasteiger charge is 2.38. The van der Waals surface area contributed by atoms with Gasteiger partial charge in [-0.3, -0.25) is 4.79 Å². The lowest BCUT2D eigenvalue weighted by Gasteiger charge is -2.28. The Hall–Kier alpha value is -1.30. The van der Waals surface area contributed by atoms with Gasteiger partial charge in [-0.1, -0.05) is 13.8 Å². The average molecular weight is 343 g/mol. The number of rotatable bonds is 6. The molecule has 0 unspecified atom stereocenters. The Balaban J connectivity index is 2.25. The van der Waals surface area contributed by atoms with E-state index < -0.39 is 11.5 Å². The molecule has 1 saturated carbocycles. The third-order valence-corrected chi connectivity index (χ3v) is 4.39. The lowest BCUT2D eigenvalue weighted by atomic mass is 9.93. The van der Waals surface area contributed by atoms with Gasteiger partial charge in [0.1, 0.15) is 11.2 Å². The molecule has 0 saturated heterocycles. The molecular weight excluding hydrogens is 324 g/mol. The molecule has 0 spiro atoms. The van der Waals surface area contributed by atoms with E-state index in [1.54, 1.807) is 19.9 Å². The molecule has 6 heteroatoms. The third kappa shape index (κ3) is 2.75. The van der Waals surface area contributed by atoms with Crippen molar-refractivity contribution in [1.82, 2.24) is 9.88 Å². The molecule has 1 aliphatic rings. The number of amides is 1. The Bertz CT molecular complexity index is 531. The Morgan fingerprint density at radius 2 is 2.05 bits per heavy atom. The number of halogens is 1. The van der Waals surface area contributed by atoms with Crippen molar-refractivity contribution < 1.29 is 14.7 Å². The second-order valence-electron chi connectivity index (χ2n) is 5.23. The van der Waals surface area contributed by atoms with Crippen LogP contribution in [0, 0.1) is 0 Å². The maximum atomic E-state index is 12.4. The Kier molecular flexibility index (Phi) is 4.22. The molecule has 5 nitrogen and oxygen atoms in total. The van der Waals surface area contributed by atoms with E-state index in [1.165, 1.54) is 0 Å². The Morgan fingerprint density at radius 3 is 2.50 bits per heavy atom. The molecule has 0 aliphatic heterocycles. The van der Waals surface area contributed by atoms with Crippen LogP contribution in [0.3, 0.4) is 0 Å². The van der Waals surface area contributed by atoms with E-state index in [9.17, 15) is 14.7 Å². The lowest BCUT2D eigenvalue weighted by molar-refractivity contribution is -0.144. The van der Waals surface area contributed by atoms with E-state index in [0.717, 1.165) is 17.3 Å². The molecule has 110 valence electrons. The fraction of sp³-hybridized carbons (Fsp3) is 0.571. The van der Waals surface area contributed by atoms with Crippen LogP contribution in [0.2, 0.25) is 0 Å². The number of carboxylic acid groups (broad SMARTS) is 1. The van der Waals surface area contributed by atoms with E-state index in [2.05, 4.69) is 21.2 Å². The standard InChI is InChI=1S/C14H19BrN2O3/c1-3-14(4-2,13(19)20)16-12(18)11-7-9(15)8-17(11)10-5-6-10/h7-8,10H,3-6H2,1-2H3,(H,16,18)(H,19,20). The number of hydrogen-bond acceptors (Lipinski definition) is 2. The van der Waals surface area contributed by atoms with Crippen LogP contribution in [0.25, 0.3) is 0 Å². The van der Waals surface area contributed by atoms with Crippen molar-refractivity contribution in [3.05, 3.63) is 22.4 Å². The number of hydrogen-bond donors (Lipinski definition) is 2. The first kappa shape index (κ1) is 15.1. The maximum Gasteiger partial charge on any atom is 0.329 e. The van der Waals surface area contributed by atoms with Gasteiger partial charge in [0.05, 0.1) is 0 Å². The van der Waals surface area contributed by atoms with Gasteiger partial charge in [-0.2, -0.15) is 0 Å². The number of carboxylic acids is 1. The van der Waals surface area contributed by atoms with Crippen molar-refractivity contribution >= 4 is 27.8 Å². The molecule has 2 N–H and O–H groups in total. The van der Waals surface area contributed by atoms with E-state index in [0.29, 0.717) is 24.6 Å². The van der Waals surface area contributed by atoms with Gasteiger partial charge in [-0.05, 0) is 47.7 Å². The number of nitrogens with zero attached hydrogens (tertiary/aromatic N) is 1.